The van der Waals surface area contributed by atoms with E-state index < -0.39 is 0 Å². The SMILES string of the molecule is CCCC.Cc1cc2c(c(C)nn2-c2ccc(O)cc2)c(=O)[nH]1. The summed E-state index contributed by atoms with van der Waals surface area (Å²) < 4.78 is 1.71. The Morgan fingerprint density at radius 3 is 2.30 bits per heavy atom. The number of aryl methyl sites for hydroxylation is 2. The molecule has 3 rings (SSSR count). The van der Waals surface area contributed by atoms with Crippen molar-refractivity contribution in [2.24, 2.45) is 0 Å². The molecule has 0 radical (unpaired) electrons. The lowest BCUT2D eigenvalue weighted by atomic mass is 10.2. The molecule has 0 unspecified atom stereocenters. The number of rotatable bonds is 2. The summed E-state index contributed by atoms with van der Waals surface area (Å²) in [5, 5.41) is 14.3. The lowest BCUT2D eigenvalue weighted by molar-refractivity contribution is 0.475. The molecule has 5 nitrogen and oxygen atoms in total. The van der Waals surface area contributed by atoms with Crippen LogP contribution in [0.25, 0.3) is 16.6 Å². The third kappa shape index (κ3) is 3.62. The maximum Gasteiger partial charge on any atom is 0.259 e. The Labute approximate surface area is 135 Å². The lowest BCUT2D eigenvalue weighted by Gasteiger charge is -2.03. The van der Waals surface area contributed by atoms with Crippen molar-refractivity contribution in [3.05, 3.63) is 52.1 Å². The first kappa shape index (κ1) is 16.8. The van der Waals surface area contributed by atoms with Crippen LogP contribution in [0.4, 0.5) is 0 Å². The van der Waals surface area contributed by atoms with Crippen LogP contribution in [0, 0.1) is 13.8 Å². The summed E-state index contributed by atoms with van der Waals surface area (Å²) in [4.78, 5) is 14.7. The Kier molecular flexibility index (Phi) is 5.21. The molecule has 3 aromatic rings. The molecule has 1 aromatic carbocycles. The topological polar surface area (TPSA) is 70.9 Å². The highest BCUT2D eigenvalue weighted by Gasteiger charge is 2.12. The molecule has 2 N–H and O–H groups in total. The predicted molar refractivity (Wildman–Crippen MR) is 93.4 cm³/mol. The maximum atomic E-state index is 12.0. The van der Waals surface area contributed by atoms with Crippen molar-refractivity contribution in [2.45, 2.75) is 40.5 Å². The fraction of sp³-hybridized carbons (Fsp3) is 0.333. The van der Waals surface area contributed by atoms with E-state index in [4.69, 9.17) is 0 Å². The van der Waals surface area contributed by atoms with Crippen LogP contribution in [-0.2, 0) is 0 Å². The largest absolute Gasteiger partial charge is 0.508 e. The second-order valence-electron chi connectivity index (χ2n) is 5.56. The quantitative estimate of drug-likeness (QED) is 0.755. The highest BCUT2D eigenvalue weighted by atomic mass is 16.3. The monoisotopic (exact) mass is 313 g/mol. The van der Waals surface area contributed by atoms with Gasteiger partial charge in [-0.15, -0.1) is 0 Å². The van der Waals surface area contributed by atoms with Crippen LogP contribution >= 0.6 is 0 Å². The first-order chi connectivity index (χ1) is 11.0. The third-order valence-electron chi connectivity index (χ3n) is 3.58. The molecular formula is C18H23N3O2. The van der Waals surface area contributed by atoms with Gasteiger partial charge in [0.15, 0.2) is 0 Å². The summed E-state index contributed by atoms with van der Waals surface area (Å²) in [6.07, 6.45) is 2.64. The number of pyridine rings is 1. The van der Waals surface area contributed by atoms with Gasteiger partial charge in [-0.1, -0.05) is 26.7 Å². The number of phenols is 1. The Hall–Kier alpha value is -2.56. The van der Waals surface area contributed by atoms with E-state index in [9.17, 15) is 9.90 Å². The van der Waals surface area contributed by atoms with Crippen LogP contribution in [0.2, 0.25) is 0 Å². The minimum absolute atomic E-state index is 0.127. The lowest BCUT2D eigenvalue weighted by Crippen LogP contribution is -2.07. The van der Waals surface area contributed by atoms with Crippen LogP contribution in [-0.4, -0.2) is 19.9 Å². The zero-order valence-electron chi connectivity index (χ0n) is 14.1. The Morgan fingerprint density at radius 1 is 1.13 bits per heavy atom. The van der Waals surface area contributed by atoms with E-state index in [-0.39, 0.29) is 11.3 Å². The number of hydrogen-bond acceptors (Lipinski definition) is 3. The average molecular weight is 313 g/mol. The molecule has 0 bridgehead atoms. The summed E-state index contributed by atoms with van der Waals surface area (Å²) in [6, 6.07) is 8.61. The van der Waals surface area contributed by atoms with Gasteiger partial charge in [0.1, 0.15) is 5.75 Å². The number of aromatic amines is 1. The highest BCUT2D eigenvalue weighted by molar-refractivity contribution is 5.82. The van der Waals surface area contributed by atoms with Gasteiger partial charge in [-0.05, 0) is 44.2 Å². The molecule has 0 aliphatic heterocycles. The van der Waals surface area contributed by atoms with Crippen LogP contribution < -0.4 is 5.56 Å². The van der Waals surface area contributed by atoms with Gasteiger partial charge in [-0.2, -0.15) is 5.10 Å². The standard InChI is InChI=1S/C14H13N3O2.C4H10/c1-8-7-12-13(14(19)15-8)9(2)16-17(12)10-3-5-11(18)6-4-10;1-3-4-2/h3-7,18H,1-2H3,(H,15,19);3-4H2,1-2H3. The van der Waals surface area contributed by atoms with Crippen LogP contribution in [0.5, 0.6) is 5.75 Å². The Bertz CT molecular complexity index is 843. The predicted octanol–water partition coefficient (Wildman–Crippen LogP) is 3.84. The third-order valence-corrected chi connectivity index (χ3v) is 3.58. The minimum atomic E-state index is -0.127. The Morgan fingerprint density at radius 2 is 1.74 bits per heavy atom. The molecule has 0 saturated carbocycles. The fourth-order valence-electron chi connectivity index (χ4n) is 2.23. The molecule has 0 aliphatic carbocycles. The Balaban J connectivity index is 0.000000433. The summed E-state index contributed by atoms with van der Waals surface area (Å²) in [5.74, 6) is 0.200. The van der Waals surface area contributed by atoms with Gasteiger partial charge in [0.25, 0.3) is 5.56 Å². The molecule has 0 amide bonds. The normalized spacial score (nSPS) is 10.4. The number of aromatic hydroxyl groups is 1. The van der Waals surface area contributed by atoms with E-state index >= 15 is 0 Å². The number of aromatic nitrogens is 3. The van der Waals surface area contributed by atoms with Crippen LogP contribution in [0.15, 0.2) is 35.1 Å². The molecule has 122 valence electrons. The molecule has 2 heterocycles. The number of phenolic OH excluding ortho intramolecular Hbond substituents is 1. The maximum absolute atomic E-state index is 12.0. The number of unbranched alkanes of at least 4 members (excludes halogenated alkanes) is 1. The number of H-pyrrole nitrogens is 1. The number of nitrogens with one attached hydrogen (secondary N) is 1. The second kappa shape index (κ2) is 7.13. The molecule has 0 saturated heterocycles. The van der Waals surface area contributed by atoms with Crippen molar-refractivity contribution in [1.82, 2.24) is 14.8 Å². The van der Waals surface area contributed by atoms with Crippen molar-refractivity contribution in [1.29, 1.82) is 0 Å². The first-order valence-electron chi connectivity index (χ1n) is 7.86. The second-order valence-corrected chi connectivity index (χ2v) is 5.56. The number of fused-ring (bicyclic) bond motifs is 1. The molecule has 2 aromatic heterocycles. The summed E-state index contributed by atoms with van der Waals surface area (Å²) in [7, 11) is 0. The van der Waals surface area contributed by atoms with Gasteiger partial charge in [0.05, 0.1) is 22.3 Å². The minimum Gasteiger partial charge on any atom is -0.508 e. The zero-order valence-corrected chi connectivity index (χ0v) is 14.1. The number of nitrogens with zero attached hydrogens (tertiary/aromatic N) is 2. The van der Waals surface area contributed by atoms with E-state index in [1.807, 2.05) is 19.9 Å². The first-order valence-corrected chi connectivity index (χ1v) is 7.86. The van der Waals surface area contributed by atoms with Crippen LogP contribution in [0.1, 0.15) is 38.1 Å². The fourth-order valence-corrected chi connectivity index (χ4v) is 2.23. The smallest absolute Gasteiger partial charge is 0.259 e. The van der Waals surface area contributed by atoms with E-state index in [1.165, 1.54) is 12.8 Å². The summed E-state index contributed by atoms with van der Waals surface area (Å²) >= 11 is 0. The number of hydrogen-bond donors (Lipinski definition) is 2. The molecular weight excluding hydrogens is 290 g/mol. The van der Waals surface area contributed by atoms with Crippen molar-refractivity contribution >= 4 is 10.9 Å². The summed E-state index contributed by atoms with van der Waals surface area (Å²) in [6.45, 7) is 8.01. The van der Waals surface area contributed by atoms with E-state index in [1.54, 1.807) is 28.9 Å². The van der Waals surface area contributed by atoms with Gasteiger partial charge >= 0.3 is 0 Å². The van der Waals surface area contributed by atoms with Crippen molar-refractivity contribution in [2.75, 3.05) is 0 Å². The number of benzene rings is 1. The molecule has 0 atom stereocenters. The summed E-state index contributed by atoms with van der Waals surface area (Å²) in [5.41, 5.74) is 2.92. The van der Waals surface area contributed by atoms with Crippen LogP contribution in [0.3, 0.4) is 0 Å². The van der Waals surface area contributed by atoms with Gasteiger partial charge in [-0.3, -0.25) is 4.79 Å². The van der Waals surface area contributed by atoms with Crippen molar-refractivity contribution < 1.29 is 5.11 Å². The average Bonchev–Trinajstić information content (AvgIpc) is 2.85. The molecule has 0 spiro atoms. The molecule has 0 aliphatic rings. The molecule has 5 heteroatoms. The van der Waals surface area contributed by atoms with E-state index in [2.05, 4.69) is 23.9 Å². The highest BCUT2D eigenvalue weighted by Crippen LogP contribution is 2.20. The van der Waals surface area contributed by atoms with Gasteiger partial charge in [0, 0.05) is 5.69 Å². The van der Waals surface area contributed by atoms with Gasteiger partial charge in [-0.25, -0.2) is 4.68 Å². The van der Waals surface area contributed by atoms with E-state index in [0.29, 0.717) is 11.1 Å². The van der Waals surface area contributed by atoms with Crippen molar-refractivity contribution in [3.8, 4) is 11.4 Å². The zero-order chi connectivity index (χ0) is 17.0. The van der Waals surface area contributed by atoms with Gasteiger partial charge < -0.3 is 10.1 Å². The molecule has 0 fully saturated rings. The molecule has 23 heavy (non-hydrogen) atoms. The van der Waals surface area contributed by atoms with Gasteiger partial charge in [0.2, 0.25) is 0 Å². The van der Waals surface area contributed by atoms with Crippen molar-refractivity contribution in [3.63, 3.8) is 0 Å². The van der Waals surface area contributed by atoms with E-state index in [0.717, 1.165) is 16.9 Å².